The molecule has 0 aromatic heterocycles. The van der Waals surface area contributed by atoms with Gasteiger partial charge in [-0.25, -0.2) is 9.59 Å². The zero-order chi connectivity index (χ0) is 25.1. The van der Waals surface area contributed by atoms with Crippen LogP contribution in [0, 0.1) is 5.92 Å². The van der Waals surface area contributed by atoms with Gasteiger partial charge in [0.1, 0.15) is 23.2 Å². The Morgan fingerprint density at radius 2 is 1.97 bits per heavy atom. The first-order chi connectivity index (χ1) is 16.0. The summed E-state index contributed by atoms with van der Waals surface area (Å²) in [7, 11) is 1.28. The fourth-order valence-electron chi connectivity index (χ4n) is 4.70. The van der Waals surface area contributed by atoms with Crippen molar-refractivity contribution >= 4 is 23.9 Å². The molecule has 34 heavy (non-hydrogen) atoms. The molecule has 3 amide bonds. The molecule has 3 N–H and O–H groups in total. The second kappa shape index (κ2) is 10.3. The molecule has 0 aromatic rings. The monoisotopic (exact) mass is 479 g/mol. The Morgan fingerprint density at radius 3 is 2.65 bits per heavy atom. The number of esters is 1. The van der Waals surface area contributed by atoms with Gasteiger partial charge in [-0.2, -0.15) is 0 Å². The van der Waals surface area contributed by atoms with E-state index in [0.717, 1.165) is 19.3 Å². The smallest absolute Gasteiger partial charge is 0.408 e. The van der Waals surface area contributed by atoms with Gasteiger partial charge in [0.05, 0.1) is 13.2 Å². The van der Waals surface area contributed by atoms with Gasteiger partial charge in [0.25, 0.3) is 0 Å². The molecule has 2 aliphatic heterocycles. The summed E-state index contributed by atoms with van der Waals surface area (Å²) >= 11 is 0. The Labute approximate surface area is 200 Å². The van der Waals surface area contributed by atoms with Crippen molar-refractivity contribution in [2.45, 2.75) is 95.0 Å². The fraction of sp³-hybridized carbons (Fsp3) is 0.750. The Balaban J connectivity index is 1.84. The molecule has 5 unspecified atom stereocenters. The topological polar surface area (TPSA) is 134 Å². The number of aliphatic hydroxyl groups is 1. The highest BCUT2D eigenvalue weighted by Crippen LogP contribution is 2.46. The maximum absolute atomic E-state index is 13.5. The van der Waals surface area contributed by atoms with Crippen LogP contribution in [0.4, 0.5) is 4.79 Å². The summed E-state index contributed by atoms with van der Waals surface area (Å²) < 4.78 is 10.3. The fourth-order valence-corrected chi connectivity index (χ4v) is 4.70. The molecule has 0 spiro atoms. The summed E-state index contributed by atoms with van der Waals surface area (Å²) in [6.07, 6.45) is 6.45. The van der Waals surface area contributed by atoms with E-state index in [9.17, 15) is 24.3 Å². The second-order valence-corrected chi connectivity index (χ2v) is 10.4. The number of rotatable bonds is 2. The van der Waals surface area contributed by atoms with Crippen LogP contribution in [0.25, 0.3) is 0 Å². The number of allylic oxidation sites excluding steroid dienone is 1. The van der Waals surface area contributed by atoms with E-state index in [4.69, 9.17) is 9.47 Å². The quantitative estimate of drug-likeness (QED) is 0.403. The Hall–Kier alpha value is -2.62. The van der Waals surface area contributed by atoms with Gasteiger partial charge in [-0.05, 0) is 46.5 Å². The van der Waals surface area contributed by atoms with E-state index in [1.165, 1.54) is 12.0 Å². The Bertz CT molecular complexity index is 837. The predicted molar refractivity (Wildman–Crippen MR) is 123 cm³/mol. The summed E-state index contributed by atoms with van der Waals surface area (Å²) in [5.74, 6) is -1.67. The molecule has 0 aromatic carbocycles. The number of alkyl carbamates (subject to hydrolysis) is 1. The average molecular weight is 480 g/mol. The summed E-state index contributed by atoms with van der Waals surface area (Å²) in [5, 5.41) is 15.7. The standard InChI is InChI=1S/C24H37N3O7/c1-23(2,3)34-22(32)25-17-11-9-7-5-6-8-10-15-13-24(15,21(31)33-4)26-19(29)18-12-16(28)14-27(18)20(17)30/h8,10,15-18,28H,5-7,9,11-14H2,1-4H3,(H,25,32)(H,26,29). The highest BCUT2D eigenvalue weighted by molar-refractivity contribution is 5.96. The maximum Gasteiger partial charge on any atom is 0.408 e. The number of hydrogen-bond acceptors (Lipinski definition) is 7. The lowest BCUT2D eigenvalue weighted by atomic mass is 10.0. The van der Waals surface area contributed by atoms with Crippen molar-refractivity contribution in [1.29, 1.82) is 0 Å². The molecular formula is C24H37N3O7. The molecule has 2 heterocycles. The van der Waals surface area contributed by atoms with Crippen molar-refractivity contribution in [2.24, 2.45) is 5.92 Å². The number of ether oxygens (including phenoxy) is 2. The Kier molecular flexibility index (Phi) is 7.90. The zero-order valence-corrected chi connectivity index (χ0v) is 20.5. The molecule has 3 aliphatic rings. The first kappa shape index (κ1) is 26.0. The van der Waals surface area contributed by atoms with E-state index in [2.05, 4.69) is 10.6 Å². The molecule has 5 atom stereocenters. The van der Waals surface area contributed by atoms with E-state index in [0.29, 0.717) is 19.3 Å². The van der Waals surface area contributed by atoms with E-state index >= 15 is 0 Å². The minimum absolute atomic E-state index is 0.0298. The lowest BCUT2D eigenvalue weighted by Crippen LogP contribution is -2.56. The molecule has 2 fully saturated rings. The normalized spacial score (nSPS) is 32.4. The highest BCUT2D eigenvalue weighted by atomic mass is 16.6. The van der Waals surface area contributed by atoms with Crippen LogP contribution in [0.5, 0.6) is 0 Å². The molecule has 190 valence electrons. The second-order valence-electron chi connectivity index (χ2n) is 10.4. The predicted octanol–water partition coefficient (Wildman–Crippen LogP) is 1.41. The zero-order valence-electron chi connectivity index (χ0n) is 20.5. The molecular weight excluding hydrogens is 442 g/mol. The van der Waals surface area contributed by atoms with Crippen LogP contribution >= 0.6 is 0 Å². The molecule has 1 saturated carbocycles. The third-order valence-corrected chi connectivity index (χ3v) is 6.50. The molecule has 10 heteroatoms. The number of nitrogens with one attached hydrogen (secondary N) is 2. The van der Waals surface area contributed by atoms with Crippen molar-refractivity contribution in [3.05, 3.63) is 12.2 Å². The number of aliphatic hydroxyl groups excluding tert-OH is 1. The van der Waals surface area contributed by atoms with Crippen LogP contribution in [-0.2, 0) is 23.9 Å². The van der Waals surface area contributed by atoms with Crippen LogP contribution in [0.2, 0.25) is 0 Å². The van der Waals surface area contributed by atoms with E-state index in [-0.39, 0.29) is 18.9 Å². The summed E-state index contributed by atoms with van der Waals surface area (Å²) in [6.45, 7) is 5.17. The molecule has 1 aliphatic carbocycles. The number of fused-ring (bicyclic) bond motifs is 2. The van der Waals surface area contributed by atoms with Crippen molar-refractivity contribution < 1.29 is 33.8 Å². The van der Waals surface area contributed by atoms with Gasteiger partial charge in [0, 0.05) is 18.9 Å². The number of carbonyl (C=O) groups excluding carboxylic acids is 4. The van der Waals surface area contributed by atoms with Crippen LogP contribution in [0.3, 0.4) is 0 Å². The van der Waals surface area contributed by atoms with Gasteiger partial charge >= 0.3 is 12.1 Å². The average Bonchev–Trinajstić information content (AvgIpc) is 3.29. The van der Waals surface area contributed by atoms with Crippen LogP contribution in [0.1, 0.15) is 65.7 Å². The summed E-state index contributed by atoms with van der Waals surface area (Å²) in [4.78, 5) is 53.0. The van der Waals surface area contributed by atoms with Gasteiger partial charge < -0.3 is 30.1 Å². The lowest BCUT2D eigenvalue weighted by Gasteiger charge is -2.30. The van der Waals surface area contributed by atoms with Crippen LogP contribution in [0.15, 0.2) is 12.2 Å². The summed E-state index contributed by atoms with van der Waals surface area (Å²) in [5.41, 5.74) is -1.88. The van der Waals surface area contributed by atoms with Crippen molar-refractivity contribution in [2.75, 3.05) is 13.7 Å². The molecule has 0 bridgehead atoms. The van der Waals surface area contributed by atoms with Crippen molar-refractivity contribution in [3.63, 3.8) is 0 Å². The van der Waals surface area contributed by atoms with E-state index in [1.807, 2.05) is 12.2 Å². The molecule has 1 saturated heterocycles. The third-order valence-electron chi connectivity index (χ3n) is 6.50. The largest absolute Gasteiger partial charge is 0.467 e. The number of hydrogen-bond donors (Lipinski definition) is 3. The van der Waals surface area contributed by atoms with Gasteiger partial charge in [-0.3, -0.25) is 9.59 Å². The maximum atomic E-state index is 13.5. The van der Waals surface area contributed by atoms with Gasteiger partial charge in [0.2, 0.25) is 11.8 Å². The molecule has 3 rings (SSSR count). The first-order valence-electron chi connectivity index (χ1n) is 12.0. The van der Waals surface area contributed by atoms with Crippen molar-refractivity contribution in [3.8, 4) is 0 Å². The number of carbonyl (C=O) groups is 4. The van der Waals surface area contributed by atoms with E-state index < -0.39 is 53.2 Å². The third kappa shape index (κ3) is 6.08. The van der Waals surface area contributed by atoms with E-state index in [1.54, 1.807) is 20.8 Å². The minimum atomic E-state index is -1.15. The lowest BCUT2D eigenvalue weighted by molar-refractivity contribution is -0.148. The number of amides is 3. The van der Waals surface area contributed by atoms with Gasteiger partial charge in [0.15, 0.2) is 0 Å². The highest BCUT2D eigenvalue weighted by Gasteiger charge is 2.62. The minimum Gasteiger partial charge on any atom is -0.467 e. The first-order valence-corrected chi connectivity index (χ1v) is 12.0. The Morgan fingerprint density at radius 1 is 1.24 bits per heavy atom. The SMILES string of the molecule is COC(=O)C12CC1C=CCCCCCC(NC(=O)OC(C)(C)C)C(=O)N1CC(O)CC1C(=O)N2. The van der Waals surface area contributed by atoms with Crippen LogP contribution < -0.4 is 10.6 Å². The number of nitrogens with zero attached hydrogens (tertiary/aromatic N) is 1. The van der Waals surface area contributed by atoms with Gasteiger partial charge in [-0.15, -0.1) is 0 Å². The molecule has 10 nitrogen and oxygen atoms in total. The van der Waals surface area contributed by atoms with Crippen LogP contribution in [-0.4, -0.2) is 76.9 Å². The summed E-state index contributed by atoms with van der Waals surface area (Å²) in [6, 6.07) is -1.85. The van der Waals surface area contributed by atoms with Crippen molar-refractivity contribution in [1.82, 2.24) is 15.5 Å². The number of methoxy groups -OCH3 is 1. The van der Waals surface area contributed by atoms with Gasteiger partial charge in [-0.1, -0.05) is 25.0 Å². The molecule has 0 radical (unpaired) electrons.